The fourth-order valence-electron chi connectivity index (χ4n) is 1.85. The fraction of sp³-hybridized carbons (Fsp3) is 0.308. The third-order valence-corrected chi connectivity index (χ3v) is 3.46. The SMILES string of the molecule is CNc1nc2c(F)ccc(Br)c2cc1C(C)C. The molecule has 0 aliphatic carbocycles. The van der Waals surface area contributed by atoms with Crippen molar-refractivity contribution < 1.29 is 4.39 Å². The first-order valence-corrected chi connectivity index (χ1v) is 6.30. The van der Waals surface area contributed by atoms with Crippen LogP contribution >= 0.6 is 15.9 Å². The number of hydrogen-bond acceptors (Lipinski definition) is 2. The van der Waals surface area contributed by atoms with Crippen LogP contribution in [0.5, 0.6) is 0 Å². The van der Waals surface area contributed by atoms with E-state index in [-0.39, 0.29) is 5.82 Å². The highest BCUT2D eigenvalue weighted by Gasteiger charge is 2.13. The van der Waals surface area contributed by atoms with E-state index in [0.717, 1.165) is 21.2 Å². The molecule has 2 aromatic rings. The Morgan fingerprint density at radius 3 is 2.65 bits per heavy atom. The summed E-state index contributed by atoms with van der Waals surface area (Å²) in [6.45, 7) is 4.19. The lowest BCUT2D eigenvalue weighted by molar-refractivity contribution is 0.636. The number of fused-ring (bicyclic) bond motifs is 1. The molecule has 0 amide bonds. The second kappa shape index (κ2) is 4.61. The zero-order valence-corrected chi connectivity index (χ0v) is 11.6. The van der Waals surface area contributed by atoms with Gasteiger partial charge in [0.1, 0.15) is 17.2 Å². The smallest absolute Gasteiger partial charge is 0.149 e. The minimum atomic E-state index is -0.296. The molecule has 0 spiro atoms. The second-order valence-corrected chi connectivity index (χ2v) is 5.11. The Hall–Kier alpha value is -1.16. The number of halogens is 2. The van der Waals surface area contributed by atoms with E-state index in [4.69, 9.17) is 0 Å². The molecule has 0 saturated carbocycles. The molecular weight excluding hydrogens is 283 g/mol. The summed E-state index contributed by atoms with van der Waals surface area (Å²) in [4.78, 5) is 4.36. The lowest BCUT2D eigenvalue weighted by atomic mass is 10.0. The first kappa shape index (κ1) is 12.3. The molecule has 0 fully saturated rings. The standard InChI is InChI=1S/C13H14BrFN2/c1-7(2)8-6-9-10(14)4-5-11(15)12(9)17-13(8)16-3/h4-7H,1-3H3,(H,16,17). The average Bonchev–Trinajstić information content (AvgIpc) is 2.32. The van der Waals surface area contributed by atoms with Gasteiger partial charge in [0, 0.05) is 16.9 Å². The molecule has 1 heterocycles. The van der Waals surface area contributed by atoms with Crippen molar-refractivity contribution in [1.82, 2.24) is 4.98 Å². The van der Waals surface area contributed by atoms with E-state index in [9.17, 15) is 4.39 Å². The number of anilines is 1. The minimum absolute atomic E-state index is 0.296. The van der Waals surface area contributed by atoms with Crippen LogP contribution in [0.25, 0.3) is 10.9 Å². The molecule has 0 unspecified atom stereocenters. The van der Waals surface area contributed by atoms with Crippen molar-refractivity contribution in [2.45, 2.75) is 19.8 Å². The normalized spacial score (nSPS) is 11.2. The maximum Gasteiger partial charge on any atom is 0.149 e. The van der Waals surface area contributed by atoms with Gasteiger partial charge in [-0.3, -0.25) is 0 Å². The van der Waals surface area contributed by atoms with Gasteiger partial charge < -0.3 is 5.32 Å². The monoisotopic (exact) mass is 296 g/mol. The Balaban J connectivity index is 2.83. The third kappa shape index (κ3) is 2.14. The molecule has 0 atom stereocenters. The van der Waals surface area contributed by atoms with E-state index in [1.807, 2.05) is 6.07 Å². The van der Waals surface area contributed by atoms with Crippen LogP contribution in [-0.4, -0.2) is 12.0 Å². The van der Waals surface area contributed by atoms with E-state index in [1.54, 1.807) is 13.1 Å². The lowest BCUT2D eigenvalue weighted by Crippen LogP contribution is -2.02. The zero-order chi connectivity index (χ0) is 12.6. The van der Waals surface area contributed by atoms with Crippen molar-refractivity contribution >= 4 is 32.7 Å². The molecule has 0 aliphatic heterocycles. The molecule has 17 heavy (non-hydrogen) atoms. The highest BCUT2D eigenvalue weighted by atomic mass is 79.9. The van der Waals surface area contributed by atoms with Gasteiger partial charge in [0.25, 0.3) is 0 Å². The molecule has 0 bridgehead atoms. The summed E-state index contributed by atoms with van der Waals surface area (Å²) in [5.41, 5.74) is 1.49. The van der Waals surface area contributed by atoms with Gasteiger partial charge in [0.15, 0.2) is 0 Å². The summed E-state index contributed by atoms with van der Waals surface area (Å²) in [7, 11) is 1.80. The van der Waals surface area contributed by atoms with Crippen molar-refractivity contribution in [1.29, 1.82) is 0 Å². The van der Waals surface area contributed by atoms with E-state index >= 15 is 0 Å². The number of pyridine rings is 1. The average molecular weight is 297 g/mol. The van der Waals surface area contributed by atoms with Gasteiger partial charge in [-0.1, -0.05) is 29.8 Å². The minimum Gasteiger partial charge on any atom is -0.373 e. The molecule has 0 radical (unpaired) electrons. The summed E-state index contributed by atoms with van der Waals surface area (Å²) in [5, 5.41) is 3.84. The van der Waals surface area contributed by atoms with Gasteiger partial charge in [-0.25, -0.2) is 9.37 Å². The molecule has 1 aromatic carbocycles. The number of benzene rings is 1. The fourth-order valence-corrected chi connectivity index (χ4v) is 2.28. The predicted octanol–water partition coefficient (Wildman–Crippen LogP) is 4.30. The van der Waals surface area contributed by atoms with Crippen LogP contribution in [0.2, 0.25) is 0 Å². The van der Waals surface area contributed by atoms with Crippen LogP contribution in [0, 0.1) is 5.82 Å². The number of nitrogens with one attached hydrogen (secondary N) is 1. The number of nitrogens with zero attached hydrogens (tertiary/aromatic N) is 1. The largest absolute Gasteiger partial charge is 0.373 e. The highest BCUT2D eigenvalue weighted by Crippen LogP contribution is 2.31. The molecule has 2 rings (SSSR count). The van der Waals surface area contributed by atoms with Crippen LogP contribution in [0.4, 0.5) is 10.2 Å². The third-order valence-electron chi connectivity index (χ3n) is 2.77. The van der Waals surface area contributed by atoms with Gasteiger partial charge in [-0.2, -0.15) is 0 Å². The summed E-state index contributed by atoms with van der Waals surface area (Å²) in [5.74, 6) is 0.782. The molecule has 2 nitrogen and oxygen atoms in total. The van der Waals surface area contributed by atoms with Crippen LogP contribution in [0.3, 0.4) is 0 Å². The predicted molar refractivity (Wildman–Crippen MR) is 73.0 cm³/mol. The molecule has 1 N–H and O–H groups in total. The Bertz CT molecular complexity index is 567. The topological polar surface area (TPSA) is 24.9 Å². The van der Waals surface area contributed by atoms with Gasteiger partial charge in [-0.15, -0.1) is 0 Å². The summed E-state index contributed by atoms with van der Waals surface area (Å²) >= 11 is 3.43. The van der Waals surface area contributed by atoms with Crippen LogP contribution in [0.15, 0.2) is 22.7 Å². The van der Waals surface area contributed by atoms with Crippen LogP contribution in [-0.2, 0) is 0 Å². The number of aromatic nitrogens is 1. The number of rotatable bonds is 2. The lowest BCUT2D eigenvalue weighted by Gasteiger charge is -2.13. The van der Waals surface area contributed by atoms with Crippen molar-refractivity contribution in [3.05, 3.63) is 34.1 Å². The second-order valence-electron chi connectivity index (χ2n) is 4.26. The van der Waals surface area contributed by atoms with E-state index in [1.165, 1.54) is 6.07 Å². The molecule has 1 aromatic heterocycles. The van der Waals surface area contributed by atoms with Crippen molar-refractivity contribution in [3.8, 4) is 0 Å². The molecule has 4 heteroatoms. The van der Waals surface area contributed by atoms with Gasteiger partial charge >= 0.3 is 0 Å². The molecule has 0 saturated heterocycles. The Kier molecular flexibility index (Phi) is 3.33. The van der Waals surface area contributed by atoms with E-state index in [2.05, 4.69) is 40.1 Å². The van der Waals surface area contributed by atoms with Gasteiger partial charge in [0.05, 0.1) is 0 Å². The van der Waals surface area contributed by atoms with Crippen LogP contribution in [0.1, 0.15) is 25.3 Å². The summed E-state index contributed by atoms with van der Waals surface area (Å²) < 4.78 is 14.6. The van der Waals surface area contributed by atoms with Crippen molar-refractivity contribution in [3.63, 3.8) is 0 Å². The number of hydrogen-bond donors (Lipinski definition) is 1. The van der Waals surface area contributed by atoms with E-state index in [0.29, 0.717) is 11.4 Å². The van der Waals surface area contributed by atoms with Crippen LogP contribution < -0.4 is 5.32 Å². The first-order chi connectivity index (χ1) is 8.04. The zero-order valence-electron chi connectivity index (χ0n) is 10.0. The summed E-state index contributed by atoms with van der Waals surface area (Å²) in [6.07, 6.45) is 0. The molecule has 90 valence electrons. The van der Waals surface area contributed by atoms with Gasteiger partial charge in [-0.05, 0) is 29.7 Å². The summed E-state index contributed by atoms with van der Waals surface area (Å²) in [6, 6.07) is 5.13. The molecule has 0 aliphatic rings. The maximum absolute atomic E-state index is 13.7. The Morgan fingerprint density at radius 2 is 2.06 bits per heavy atom. The maximum atomic E-state index is 13.7. The van der Waals surface area contributed by atoms with Crippen molar-refractivity contribution in [2.75, 3.05) is 12.4 Å². The van der Waals surface area contributed by atoms with E-state index < -0.39 is 0 Å². The first-order valence-electron chi connectivity index (χ1n) is 5.51. The van der Waals surface area contributed by atoms with Gasteiger partial charge in [0.2, 0.25) is 0 Å². The molecular formula is C13H14BrFN2. The highest BCUT2D eigenvalue weighted by molar-refractivity contribution is 9.10. The quantitative estimate of drug-likeness (QED) is 0.894. The Labute approximate surface area is 108 Å². The Morgan fingerprint density at radius 1 is 1.35 bits per heavy atom. The van der Waals surface area contributed by atoms with Crippen molar-refractivity contribution in [2.24, 2.45) is 0 Å².